The molecule has 5 rings (SSSR count). The van der Waals surface area contributed by atoms with Crippen molar-refractivity contribution in [1.82, 2.24) is 4.57 Å². The van der Waals surface area contributed by atoms with Crippen LogP contribution in [0.2, 0.25) is 0 Å². The van der Waals surface area contributed by atoms with E-state index in [1.807, 2.05) is 53.1 Å². The van der Waals surface area contributed by atoms with Crippen molar-refractivity contribution in [3.63, 3.8) is 0 Å². The number of nitrogens with two attached hydrogens (primary N) is 1. The van der Waals surface area contributed by atoms with E-state index >= 15 is 0 Å². The lowest BCUT2D eigenvalue weighted by Gasteiger charge is -2.10. The second-order valence-electron chi connectivity index (χ2n) is 7.85. The molecule has 0 saturated heterocycles. The number of hydrogen-bond donors (Lipinski definition) is 1. The number of benzene rings is 4. The topological polar surface area (TPSA) is 57.2 Å². The minimum atomic E-state index is -0.628. The number of aromatic nitrogens is 1. The second-order valence-corrected chi connectivity index (χ2v) is 7.85. The lowest BCUT2D eigenvalue weighted by atomic mass is 10.0. The maximum absolute atomic E-state index is 14.5. The highest BCUT2D eigenvalue weighted by atomic mass is 19.1. The van der Waals surface area contributed by atoms with Crippen molar-refractivity contribution >= 4 is 27.7 Å². The molecule has 0 saturated carbocycles. The van der Waals surface area contributed by atoms with Gasteiger partial charge in [-0.3, -0.25) is 4.79 Å². The fourth-order valence-corrected chi connectivity index (χ4v) is 4.30. The summed E-state index contributed by atoms with van der Waals surface area (Å²) in [5.41, 5.74) is 9.90. The summed E-state index contributed by atoms with van der Waals surface area (Å²) in [6.07, 6.45) is 0. The number of hydrogen-bond acceptors (Lipinski definition) is 2. The van der Waals surface area contributed by atoms with Crippen molar-refractivity contribution in [2.24, 2.45) is 5.73 Å². The van der Waals surface area contributed by atoms with Crippen LogP contribution in [0.25, 0.3) is 32.9 Å². The van der Waals surface area contributed by atoms with Crippen LogP contribution in [0.15, 0.2) is 78.9 Å². The molecule has 1 amide bonds. The van der Waals surface area contributed by atoms with Crippen molar-refractivity contribution < 1.29 is 18.3 Å². The van der Waals surface area contributed by atoms with Gasteiger partial charge in [0.2, 0.25) is 5.91 Å². The van der Waals surface area contributed by atoms with E-state index in [4.69, 9.17) is 10.5 Å². The highest BCUT2D eigenvalue weighted by Crippen LogP contribution is 2.35. The van der Waals surface area contributed by atoms with Gasteiger partial charge in [-0.05, 0) is 47.5 Å². The monoisotopic (exact) mass is 442 g/mol. The Bertz CT molecular complexity index is 1520. The highest BCUT2D eigenvalue weighted by molar-refractivity contribution is 6.18. The van der Waals surface area contributed by atoms with E-state index in [9.17, 15) is 13.6 Å². The summed E-state index contributed by atoms with van der Waals surface area (Å²) in [4.78, 5) is 12.2. The first-order valence-electron chi connectivity index (χ1n) is 10.4. The summed E-state index contributed by atoms with van der Waals surface area (Å²) in [6, 6.07) is 22.5. The third-order valence-electron chi connectivity index (χ3n) is 5.92. The van der Waals surface area contributed by atoms with E-state index in [0.29, 0.717) is 16.5 Å². The van der Waals surface area contributed by atoms with Crippen LogP contribution in [0, 0.1) is 11.6 Å². The predicted octanol–water partition coefficient (Wildman–Crippen LogP) is 5.90. The Kier molecular flexibility index (Phi) is 5.05. The molecule has 2 N–H and O–H groups in total. The third-order valence-corrected chi connectivity index (χ3v) is 5.92. The zero-order chi connectivity index (χ0) is 23.1. The van der Waals surface area contributed by atoms with Crippen molar-refractivity contribution in [2.75, 3.05) is 7.11 Å². The van der Waals surface area contributed by atoms with E-state index < -0.39 is 17.5 Å². The Morgan fingerprint density at radius 1 is 0.909 bits per heavy atom. The Balaban J connectivity index is 1.77. The van der Waals surface area contributed by atoms with Crippen LogP contribution in [0.1, 0.15) is 15.9 Å². The molecule has 4 aromatic carbocycles. The minimum absolute atomic E-state index is 0.167. The molecule has 0 spiro atoms. The number of nitrogens with zero attached hydrogens (tertiary/aromatic N) is 1. The molecule has 0 bridgehead atoms. The van der Waals surface area contributed by atoms with E-state index in [0.717, 1.165) is 39.4 Å². The molecular formula is C27H20F2N2O2. The average molecular weight is 442 g/mol. The molecule has 1 aromatic heterocycles. The Labute approximate surface area is 188 Å². The van der Waals surface area contributed by atoms with Gasteiger partial charge >= 0.3 is 0 Å². The highest BCUT2D eigenvalue weighted by Gasteiger charge is 2.18. The number of ether oxygens (including phenoxy) is 1. The molecule has 164 valence electrons. The van der Waals surface area contributed by atoms with Crippen LogP contribution in [0.3, 0.4) is 0 Å². The Hall–Kier alpha value is -4.19. The molecule has 0 atom stereocenters. The molecule has 0 aliphatic rings. The fourth-order valence-electron chi connectivity index (χ4n) is 4.30. The standard InChI is InChI=1S/C27H20F2N2O2/c1-33-20-10-6-16(7-11-20)17-8-12-21-25(13-17)31(15-18-5-9-19(28)14-23(18)29)24-4-2-3-22(26(21)24)27(30)32/h2-14H,15H2,1H3,(H2,30,32). The number of methoxy groups -OCH3 is 1. The number of halogens is 2. The van der Waals surface area contributed by atoms with Crippen molar-refractivity contribution in [3.8, 4) is 16.9 Å². The lowest BCUT2D eigenvalue weighted by Crippen LogP contribution is -2.11. The van der Waals surface area contributed by atoms with Crippen LogP contribution in [0.4, 0.5) is 8.78 Å². The first kappa shape index (κ1) is 20.7. The van der Waals surface area contributed by atoms with Gasteiger partial charge in [-0.15, -0.1) is 0 Å². The zero-order valence-corrected chi connectivity index (χ0v) is 17.8. The number of rotatable bonds is 5. The van der Waals surface area contributed by atoms with E-state index in [1.54, 1.807) is 19.2 Å². The maximum atomic E-state index is 14.5. The number of amides is 1. The molecule has 1 heterocycles. The van der Waals surface area contributed by atoms with Gasteiger partial charge in [0, 0.05) is 28.0 Å². The van der Waals surface area contributed by atoms with Crippen molar-refractivity contribution in [3.05, 3.63) is 102 Å². The molecule has 5 aromatic rings. The predicted molar refractivity (Wildman–Crippen MR) is 125 cm³/mol. The molecule has 0 radical (unpaired) electrons. The Morgan fingerprint density at radius 2 is 1.67 bits per heavy atom. The SMILES string of the molecule is COc1ccc(-c2ccc3c4c(C(N)=O)cccc4n(Cc4ccc(F)cc4F)c3c2)cc1. The second kappa shape index (κ2) is 8.06. The fraction of sp³-hybridized carbons (Fsp3) is 0.0741. The minimum Gasteiger partial charge on any atom is -0.497 e. The van der Waals surface area contributed by atoms with Crippen LogP contribution in [-0.4, -0.2) is 17.6 Å². The first-order valence-corrected chi connectivity index (χ1v) is 10.4. The summed E-state index contributed by atoms with van der Waals surface area (Å²) in [7, 11) is 1.62. The molecular weight excluding hydrogens is 422 g/mol. The van der Waals surface area contributed by atoms with Crippen LogP contribution in [0.5, 0.6) is 5.75 Å². The van der Waals surface area contributed by atoms with Crippen molar-refractivity contribution in [2.45, 2.75) is 6.54 Å². The molecule has 0 unspecified atom stereocenters. The van der Waals surface area contributed by atoms with E-state index in [1.165, 1.54) is 12.1 Å². The van der Waals surface area contributed by atoms with Gasteiger partial charge in [0.15, 0.2) is 0 Å². The zero-order valence-electron chi connectivity index (χ0n) is 17.8. The van der Waals surface area contributed by atoms with E-state index in [2.05, 4.69) is 0 Å². The molecule has 0 fully saturated rings. The number of carbonyl (C=O) groups is 1. The largest absolute Gasteiger partial charge is 0.497 e. The molecule has 33 heavy (non-hydrogen) atoms. The van der Waals surface area contributed by atoms with E-state index in [-0.39, 0.29) is 6.54 Å². The van der Waals surface area contributed by atoms with Crippen LogP contribution >= 0.6 is 0 Å². The van der Waals surface area contributed by atoms with Gasteiger partial charge in [-0.2, -0.15) is 0 Å². The van der Waals surface area contributed by atoms with Gasteiger partial charge in [-0.25, -0.2) is 8.78 Å². The molecule has 4 nitrogen and oxygen atoms in total. The first-order chi connectivity index (χ1) is 16.0. The Morgan fingerprint density at radius 3 is 2.36 bits per heavy atom. The quantitative estimate of drug-likeness (QED) is 0.369. The third kappa shape index (κ3) is 3.59. The van der Waals surface area contributed by atoms with Gasteiger partial charge in [-0.1, -0.05) is 36.4 Å². The summed E-state index contributed by atoms with van der Waals surface area (Å²) >= 11 is 0. The molecule has 6 heteroatoms. The average Bonchev–Trinajstić information content (AvgIpc) is 3.13. The maximum Gasteiger partial charge on any atom is 0.249 e. The van der Waals surface area contributed by atoms with Crippen LogP contribution < -0.4 is 10.5 Å². The molecule has 0 aliphatic carbocycles. The van der Waals surface area contributed by atoms with Crippen molar-refractivity contribution in [1.29, 1.82) is 0 Å². The van der Waals surface area contributed by atoms with Crippen LogP contribution in [-0.2, 0) is 6.54 Å². The summed E-state index contributed by atoms with van der Waals surface area (Å²) in [5.74, 6) is -1.03. The molecule has 0 aliphatic heterocycles. The summed E-state index contributed by atoms with van der Waals surface area (Å²) in [5, 5.41) is 1.54. The number of fused-ring (bicyclic) bond motifs is 3. The summed E-state index contributed by atoms with van der Waals surface area (Å²) < 4.78 is 35.2. The number of primary amides is 1. The van der Waals surface area contributed by atoms with Gasteiger partial charge in [0.05, 0.1) is 24.7 Å². The smallest absolute Gasteiger partial charge is 0.249 e. The van der Waals surface area contributed by atoms with Gasteiger partial charge in [0.25, 0.3) is 0 Å². The van der Waals surface area contributed by atoms with Gasteiger partial charge < -0.3 is 15.0 Å². The number of carbonyl (C=O) groups excluding carboxylic acids is 1. The normalized spacial score (nSPS) is 11.2. The van der Waals surface area contributed by atoms with Gasteiger partial charge in [0.1, 0.15) is 17.4 Å². The summed E-state index contributed by atoms with van der Waals surface area (Å²) in [6.45, 7) is 0.167. The lowest BCUT2D eigenvalue weighted by molar-refractivity contribution is 0.100.